The second-order valence-electron chi connectivity index (χ2n) is 2.64. The summed E-state index contributed by atoms with van der Waals surface area (Å²) in [6, 6.07) is 6.23. The van der Waals surface area contributed by atoms with Crippen molar-refractivity contribution >= 4 is 19.0 Å². The van der Waals surface area contributed by atoms with E-state index in [1.807, 2.05) is 19.1 Å². The van der Waals surface area contributed by atoms with Crippen LogP contribution in [0.2, 0.25) is 0 Å². The van der Waals surface area contributed by atoms with E-state index in [4.69, 9.17) is 9.79 Å². The molecule has 0 unspecified atom stereocenters. The van der Waals surface area contributed by atoms with Crippen LogP contribution in [0.3, 0.4) is 0 Å². The van der Waals surface area contributed by atoms with Gasteiger partial charge in [-0.05, 0) is 24.6 Å². The molecule has 2 N–H and O–H groups in total. The highest BCUT2D eigenvalue weighted by Crippen LogP contribution is 2.32. The van der Waals surface area contributed by atoms with Gasteiger partial charge in [0.2, 0.25) is 0 Å². The Hall–Kier alpha value is -0.890. The molecular weight excluding hydrogens is 187 g/mol. The topological polar surface area (TPSA) is 57.5 Å². The van der Waals surface area contributed by atoms with Crippen molar-refractivity contribution in [3.05, 3.63) is 35.9 Å². The first kappa shape index (κ1) is 10.2. The van der Waals surface area contributed by atoms with Crippen LogP contribution in [0.15, 0.2) is 30.3 Å². The van der Waals surface area contributed by atoms with Gasteiger partial charge in [-0.15, -0.1) is 0 Å². The molecular formula is C9H11O3P. The van der Waals surface area contributed by atoms with Crippen LogP contribution >= 0.6 is 7.60 Å². The zero-order valence-electron chi connectivity index (χ0n) is 7.21. The fourth-order valence-electron chi connectivity index (χ4n) is 0.972. The van der Waals surface area contributed by atoms with Gasteiger partial charge in [-0.3, -0.25) is 4.57 Å². The molecule has 13 heavy (non-hydrogen) atoms. The van der Waals surface area contributed by atoms with Crippen LogP contribution in [0.4, 0.5) is 0 Å². The first-order valence-corrected chi connectivity index (χ1v) is 5.44. The molecule has 0 aliphatic heterocycles. The summed E-state index contributed by atoms with van der Waals surface area (Å²) >= 11 is 0. The maximum absolute atomic E-state index is 10.8. The van der Waals surface area contributed by atoms with Gasteiger partial charge in [-0.2, -0.15) is 0 Å². The number of allylic oxidation sites excluding steroid dienone is 1. The van der Waals surface area contributed by atoms with E-state index < -0.39 is 7.60 Å². The predicted octanol–water partition coefficient (Wildman–Crippen LogP) is 1.52. The number of rotatable bonds is 2. The fourth-order valence-corrected chi connectivity index (χ4v) is 1.51. The molecule has 4 heteroatoms. The van der Waals surface area contributed by atoms with Crippen LogP contribution in [-0.2, 0) is 4.57 Å². The van der Waals surface area contributed by atoms with Crippen molar-refractivity contribution in [2.45, 2.75) is 6.92 Å². The van der Waals surface area contributed by atoms with E-state index in [2.05, 4.69) is 0 Å². The van der Waals surface area contributed by atoms with Gasteiger partial charge >= 0.3 is 7.60 Å². The minimum absolute atomic E-state index is 0.0563. The maximum atomic E-state index is 10.8. The molecule has 3 nitrogen and oxygen atoms in total. The third-order valence-corrected chi connectivity index (χ3v) is 2.56. The lowest BCUT2D eigenvalue weighted by atomic mass is 10.2. The number of hydrogen-bond acceptors (Lipinski definition) is 1. The Bertz CT molecular complexity index is 348. The van der Waals surface area contributed by atoms with Crippen LogP contribution < -0.4 is 5.30 Å². The standard InChI is InChI=1S/C9H11O3P/c1-2-3-8-4-6-9(7-5-8)13(10,11)12/h2-7H,1H3,(H2,10,11,12). The average Bonchev–Trinajstić information content (AvgIpc) is 2.04. The van der Waals surface area contributed by atoms with Gasteiger partial charge in [-0.1, -0.05) is 24.3 Å². The zero-order chi connectivity index (χ0) is 9.90. The van der Waals surface area contributed by atoms with E-state index in [0.717, 1.165) is 5.56 Å². The molecule has 0 aliphatic carbocycles. The van der Waals surface area contributed by atoms with Gasteiger partial charge in [0.25, 0.3) is 0 Å². The van der Waals surface area contributed by atoms with Gasteiger partial charge in [0, 0.05) is 0 Å². The van der Waals surface area contributed by atoms with Crippen molar-refractivity contribution in [1.29, 1.82) is 0 Å². The van der Waals surface area contributed by atoms with E-state index in [1.54, 1.807) is 12.1 Å². The van der Waals surface area contributed by atoms with Crippen molar-refractivity contribution in [3.63, 3.8) is 0 Å². The fraction of sp³-hybridized carbons (Fsp3) is 0.111. The van der Waals surface area contributed by atoms with Gasteiger partial charge in [0.1, 0.15) is 0 Å². The Kier molecular flexibility index (Phi) is 3.04. The van der Waals surface area contributed by atoms with Crippen molar-refractivity contribution < 1.29 is 14.4 Å². The average molecular weight is 198 g/mol. The van der Waals surface area contributed by atoms with E-state index >= 15 is 0 Å². The Morgan fingerprint density at radius 1 is 1.23 bits per heavy atom. The summed E-state index contributed by atoms with van der Waals surface area (Å²) in [6.45, 7) is 1.89. The lowest BCUT2D eigenvalue weighted by Crippen LogP contribution is -2.02. The van der Waals surface area contributed by atoms with E-state index in [0.29, 0.717) is 0 Å². The molecule has 0 heterocycles. The highest BCUT2D eigenvalue weighted by molar-refractivity contribution is 7.60. The Labute approximate surface area is 76.9 Å². The monoisotopic (exact) mass is 198 g/mol. The summed E-state index contributed by atoms with van der Waals surface area (Å²) in [4.78, 5) is 17.6. The van der Waals surface area contributed by atoms with Crippen molar-refractivity contribution in [3.8, 4) is 0 Å². The number of hydrogen-bond donors (Lipinski definition) is 2. The van der Waals surface area contributed by atoms with Crippen LogP contribution in [0, 0.1) is 0 Å². The van der Waals surface area contributed by atoms with E-state index in [1.165, 1.54) is 12.1 Å². The Morgan fingerprint density at radius 3 is 2.15 bits per heavy atom. The molecule has 0 aliphatic rings. The molecule has 70 valence electrons. The summed E-state index contributed by atoms with van der Waals surface area (Å²) in [7, 11) is -4.08. The normalized spacial score (nSPS) is 12.2. The Morgan fingerprint density at radius 2 is 1.77 bits per heavy atom. The molecule has 0 aromatic heterocycles. The van der Waals surface area contributed by atoms with E-state index in [9.17, 15) is 4.57 Å². The van der Waals surface area contributed by atoms with Crippen LogP contribution in [-0.4, -0.2) is 9.79 Å². The van der Waals surface area contributed by atoms with Gasteiger partial charge < -0.3 is 9.79 Å². The third-order valence-electron chi connectivity index (χ3n) is 1.59. The summed E-state index contributed by atoms with van der Waals surface area (Å²) in [5.74, 6) is 0. The summed E-state index contributed by atoms with van der Waals surface area (Å²) in [5.41, 5.74) is 0.930. The van der Waals surface area contributed by atoms with Gasteiger partial charge in [-0.25, -0.2) is 0 Å². The molecule has 0 saturated carbocycles. The first-order valence-electron chi connectivity index (χ1n) is 3.83. The number of benzene rings is 1. The second kappa shape index (κ2) is 3.88. The summed E-state index contributed by atoms with van der Waals surface area (Å²) in [6.07, 6.45) is 3.73. The first-order chi connectivity index (χ1) is 6.04. The van der Waals surface area contributed by atoms with Crippen molar-refractivity contribution in [2.24, 2.45) is 0 Å². The molecule has 0 fully saturated rings. The summed E-state index contributed by atoms with van der Waals surface area (Å²) in [5, 5.41) is 0.0563. The molecule has 1 aromatic rings. The smallest absolute Gasteiger partial charge is 0.321 e. The molecule has 0 saturated heterocycles. The largest absolute Gasteiger partial charge is 0.356 e. The predicted molar refractivity (Wildman–Crippen MR) is 52.8 cm³/mol. The third kappa shape index (κ3) is 2.81. The van der Waals surface area contributed by atoms with Crippen LogP contribution in [0.1, 0.15) is 12.5 Å². The quantitative estimate of drug-likeness (QED) is 0.708. The molecule has 1 aromatic carbocycles. The molecule has 0 amide bonds. The molecule has 0 atom stereocenters. The SMILES string of the molecule is CC=Cc1ccc(P(=O)(O)O)cc1. The lowest BCUT2D eigenvalue weighted by Gasteiger charge is -2.02. The highest BCUT2D eigenvalue weighted by Gasteiger charge is 2.15. The van der Waals surface area contributed by atoms with E-state index in [-0.39, 0.29) is 5.30 Å². The lowest BCUT2D eigenvalue weighted by molar-refractivity contribution is 0.387. The minimum atomic E-state index is -4.08. The molecule has 0 spiro atoms. The van der Waals surface area contributed by atoms with Crippen molar-refractivity contribution in [2.75, 3.05) is 0 Å². The van der Waals surface area contributed by atoms with Crippen LogP contribution in [0.5, 0.6) is 0 Å². The summed E-state index contributed by atoms with van der Waals surface area (Å²) < 4.78 is 10.8. The maximum Gasteiger partial charge on any atom is 0.356 e. The molecule has 0 bridgehead atoms. The molecule has 1 rings (SSSR count). The zero-order valence-corrected chi connectivity index (χ0v) is 8.11. The molecule has 0 radical (unpaired) electrons. The van der Waals surface area contributed by atoms with Gasteiger partial charge in [0.15, 0.2) is 0 Å². The van der Waals surface area contributed by atoms with Gasteiger partial charge in [0.05, 0.1) is 5.30 Å². The minimum Gasteiger partial charge on any atom is -0.321 e. The highest BCUT2D eigenvalue weighted by atomic mass is 31.2. The second-order valence-corrected chi connectivity index (χ2v) is 4.24. The van der Waals surface area contributed by atoms with Crippen molar-refractivity contribution in [1.82, 2.24) is 0 Å². The van der Waals surface area contributed by atoms with Crippen LogP contribution in [0.25, 0.3) is 6.08 Å². The Balaban J connectivity index is 3.01.